The molecule has 0 amide bonds. The first kappa shape index (κ1) is 19.5. The number of nitrogens with two attached hydrogens (primary N) is 1. The molecule has 0 bridgehead atoms. The normalized spacial score (nSPS) is 10.8. The fourth-order valence-corrected chi connectivity index (χ4v) is 4.79. The summed E-state index contributed by atoms with van der Waals surface area (Å²) in [5.74, 6) is 1.68. The van der Waals surface area contributed by atoms with Gasteiger partial charge in [0, 0.05) is 5.69 Å². The number of hydrogen-bond donors (Lipinski definition) is 2. The van der Waals surface area contributed by atoms with Crippen molar-refractivity contribution in [2.24, 2.45) is 0 Å². The molecule has 0 aliphatic carbocycles. The van der Waals surface area contributed by atoms with E-state index in [1.807, 2.05) is 61.5 Å². The number of aryl methyl sites for hydroxylation is 1. The van der Waals surface area contributed by atoms with Crippen LogP contribution in [0.4, 0.5) is 17.6 Å². The fourth-order valence-electron chi connectivity index (χ4n) is 2.57. The van der Waals surface area contributed by atoms with Gasteiger partial charge < -0.3 is 11.1 Å². The molecular weight excluding hydrogens is 422 g/mol. The van der Waals surface area contributed by atoms with Crippen molar-refractivity contribution in [1.82, 2.24) is 24.7 Å². The van der Waals surface area contributed by atoms with Gasteiger partial charge in [-0.2, -0.15) is 15.0 Å². The van der Waals surface area contributed by atoms with Gasteiger partial charge in [0.2, 0.25) is 11.9 Å². The average molecular weight is 440 g/mol. The number of hydrogen-bond acceptors (Lipinski definition) is 9. The quantitative estimate of drug-likeness (QED) is 0.328. The van der Waals surface area contributed by atoms with Crippen molar-refractivity contribution in [2.45, 2.75) is 17.0 Å². The summed E-state index contributed by atoms with van der Waals surface area (Å²) in [6.07, 6.45) is 0. The van der Waals surface area contributed by atoms with Crippen LogP contribution in [0.3, 0.4) is 0 Å². The third-order valence-corrected chi connectivity index (χ3v) is 6.31. The largest absolute Gasteiger partial charge is 0.368 e. The van der Waals surface area contributed by atoms with E-state index in [-0.39, 0.29) is 5.95 Å². The summed E-state index contributed by atoms with van der Waals surface area (Å²) in [7, 11) is 0. The number of thioether (sulfide) groups is 1. The number of nitrogen functional groups attached to an aromatic ring is 1. The maximum Gasteiger partial charge on any atom is 0.232 e. The van der Waals surface area contributed by atoms with Crippen molar-refractivity contribution in [3.63, 3.8) is 0 Å². The van der Waals surface area contributed by atoms with Crippen molar-refractivity contribution in [2.75, 3.05) is 11.1 Å². The van der Waals surface area contributed by atoms with E-state index in [1.165, 1.54) is 23.1 Å². The zero-order chi connectivity index (χ0) is 20.2. The molecule has 29 heavy (non-hydrogen) atoms. The van der Waals surface area contributed by atoms with Crippen LogP contribution in [-0.4, -0.2) is 24.7 Å². The average Bonchev–Trinajstić information content (AvgIpc) is 3.09. The second-order valence-corrected chi connectivity index (χ2v) is 8.89. The van der Waals surface area contributed by atoms with Crippen LogP contribution >= 0.6 is 35.3 Å². The zero-order valence-electron chi connectivity index (χ0n) is 15.4. The number of nitrogens with one attached hydrogen (secondary N) is 1. The summed E-state index contributed by atoms with van der Waals surface area (Å²) in [6, 6.07) is 17.7. The van der Waals surface area contributed by atoms with Crippen LogP contribution in [0.15, 0.2) is 58.9 Å². The standard InChI is InChI=1S/C19H17N7S3/c1-12-7-5-6-10-14(12)21-17-23-15(22-16(20)24-17)11-28-18-25-26(19(27)29-18)13-8-3-2-4-9-13/h2-10H,11H2,1H3,(H3,20,21,22,23,24). The van der Waals surface area contributed by atoms with Gasteiger partial charge in [-0.25, -0.2) is 4.68 Å². The Bertz CT molecular complexity index is 1190. The molecule has 0 saturated heterocycles. The molecule has 0 atom stereocenters. The molecule has 2 heterocycles. The second-order valence-electron chi connectivity index (χ2n) is 6.04. The summed E-state index contributed by atoms with van der Waals surface area (Å²) in [4.78, 5) is 12.9. The Balaban J connectivity index is 1.50. The molecule has 0 fully saturated rings. The van der Waals surface area contributed by atoms with Gasteiger partial charge in [-0.15, -0.1) is 5.10 Å². The van der Waals surface area contributed by atoms with Gasteiger partial charge in [-0.1, -0.05) is 59.5 Å². The molecule has 0 spiro atoms. The van der Waals surface area contributed by atoms with Crippen molar-refractivity contribution in [1.29, 1.82) is 0 Å². The minimum atomic E-state index is 0.175. The van der Waals surface area contributed by atoms with Gasteiger partial charge in [0.05, 0.1) is 11.4 Å². The van der Waals surface area contributed by atoms with Gasteiger partial charge in [0.25, 0.3) is 0 Å². The first-order chi connectivity index (χ1) is 14.1. The van der Waals surface area contributed by atoms with Crippen LogP contribution in [0.1, 0.15) is 11.4 Å². The van der Waals surface area contributed by atoms with Crippen LogP contribution in [0.5, 0.6) is 0 Å². The lowest BCUT2D eigenvalue weighted by atomic mass is 10.2. The number of para-hydroxylation sites is 2. The van der Waals surface area contributed by atoms with E-state index in [0.29, 0.717) is 21.5 Å². The lowest BCUT2D eigenvalue weighted by molar-refractivity contribution is 0.829. The van der Waals surface area contributed by atoms with Gasteiger partial charge in [0.1, 0.15) is 5.82 Å². The van der Waals surface area contributed by atoms with Crippen molar-refractivity contribution in [3.8, 4) is 5.69 Å². The molecule has 0 aliphatic rings. The van der Waals surface area contributed by atoms with Crippen LogP contribution in [-0.2, 0) is 5.75 Å². The molecule has 146 valence electrons. The highest BCUT2D eigenvalue weighted by Crippen LogP contribution is 2.27. The molecule has 0 saturated carbocycles. The van der Waals surface area contributed by atoms with Crippen molar-refractivity contribution in [3.05, 3.63) is 69.9 Å². The number of nitrogens with zero attached hydrogens (tertiary/aromatic N) is 5. The van der Waals surface area contributed by atoms with Gasteiger partial charge >= 0.3 is 0 Å². The van der Waals surface area contributed by atoms with E-state index in [1.54, 1.807) is 4.68 Å². The molecule has 10 heteroatoms. The number of anilines is 3. The lowest BCUT2D eigenvalue weighted by Crippen LogP contribution is -2.07. The molecule has 7 nitrogen and oxygen atoms in total. The summed E-state index contributed by atoms with van der Waals surface area (Å²) in [5, 5.41) is 7.80. The predicted molar refractivity (Wildman–Crippen MR) is 121 cm³/mol. The van der Waals surface area contributed by atoms with E-state index in [2.05, 4.69) is 25.4 Å². The second kappa shape index (κ2) is 8.68. The van der Waals surface area contributed by atoms with E-state index >= 15 is 0 Å². The zero-order valence-corrected chi connectivity index (χ0v) is 17.9. The first-order valence-electron chi connectivity index (χ1n) is 8.70. The minimum absolute atomic E-state index is 0.175. The van der Waals surface area contributed by atoms with Gasteiger partial charge in [-0.05, 0) is 42.9 Å². The molecule has 4 aromatic rings. The van der Waals surface area contributed by atoms with Crippen LogP contribution in [0.2, 0.25) is 0 Å². The third-order valence-electron chi connectivity index (χ3n) is 3.95. The lowest BCUT2D eigenvalue weighted by Gasteiger charge is -2.09. The molecule has 4 rings (SSSR count). The summed E-state index contributed by atoms with van der Waals surface area (Å²) >= 11 is 8.41. The Labute approximate surface area is 181 Å². The number of benzene rings is 2. The summed E-state index contributed by atoms with van der Waals surface area (Å²) in [5.41, 5.74) is 8.84. The molecule has 2 aromatic heterocycles. The van der Waals surface area contributed by atoms with Crippen LogP contribution in [0, 0.1) is 10.9 Å². The van der Waals surface area contributed by atoms with E-state index in [0.717, 1.165) is 21.3 Å². The maximum absolute atomic E-state index is 5.88. The minimum Gasteiger partial charge on any atom is -0.368 e. The monoisotopic (exact) mass is 439 g/mol. The molecule has 0 unspecified atom stereocenters. The molecule has 0 radical (unpaired) electrons. The SMILES string of the molecule is Cc1ccccc1Nc1nc(N)nc(CSc2nn(-c3ccccc3)c(=S)s2)n1. The number of rotatable bonds is 6. The van der Waals surface area contributed by atoms with E-state index in [4.69, 9.17) is 18.0 Å². The highest BCUT2D eigenvalue weighted by molar-refractivity contribution is 8.00. The Morgan fingerprint density at radius 3 is 2.62 bits per heavy atom. The Kier molecular flexibility index (Phi) is 5.84. The van der Waals surface area contributed by atoms with Crippen LogP contribution in [0.25, 0.3) is 5.69 Å². The summed E-state index contributed by atoms with van der Waals surface area (Å²) in [6.45, 7) is 2.01. The molecule has 0 aliphatic heterocycles. The Morgan fingerprint density at radius 1 is 1.07 bits per heavy atom. The topological polar surface area (TPSA) is 94.5 Å². The first-order valence-corrected chi connectivity index (χ1v) is 10.9. The van der Waals surface area contributed by atoms with Gasteiger partial charge in [-0.3, -0.25) is 0 Å². The summed E-state index contributed by atoms with van der Waals surface area (Å²) < 4.78 is 3.29. The Morgan fingerprint density at radius 2 is 1.83 bits per heavy atom. The highest BCUT2D eigenvalue weighted by Gasteiger charge is 2.10. The highest BCUT2D eigenvalue weighted by atomic mass is 32.2. The van der Waals surface area contributed by atoms with Crippen molar-refractivity contribution >= 4 is 52.9 Å². The molecule has 2 aromatic carbocycles. The van der Waals surface area contributed by atoms with E-state index < -0.39 is 0 Å². The Hall–Kier alpha value is -2.82. The van der Waals surface area contributed by atoms with E-state index in [9.17, 15) is 0 Å². The third kappa shape index (κ3) is 4.78. The van der Waals surface area contributed by atoms with Crippen LogP contribution < -0.4 is 11.1 Å². The van der Waals surface area contributed by atoms with Gasteiger partial charge in [0.15, 0.2) is 8.29 Å². The maximum atomic E-state index is 5.88. The molecular formula is C19H17N7S3. The van der Waals surface area contributed by atoms with Crippen molar-refractivity contribution < 1.29 is 0 Å². The predicted octanol–water partition coefficient (Wildman–Crippen LogP) is 4.77. The number of aromatic nitrogens is 5. The smallest absolute Gasteiger partial charge is 0.232 e. The fraction of sp³-hybridized carbons (Fsp3) is 0.105. The molecule has 3 N–H and O–H groups in total.